The first-order chi connectivity index (χ1) is 15.0. The molecule has 1 aliphatic heterocycles. The molecule has 0 saturated carbocycles. The van der Waals surface area contributed by atoms with Crippen LogP contribution < -0.4 is 10.6 Å². The van der Waals surface area contributed by atoms with Crippen LogP contribution in [0.3, 0.4) is 0 Å². The lowest BCUT2D eigenvalue weighted by atomic mass is 10.0. The van der Waals surface area contributed by atoms with Crippen molar-refractivity contribution in [1.29, 1.82) is 0 Å². The van der Waals surface area contributed by atoms with Crippen LogP contribution in [0.5, 0.6) is 0 Å². The van der Waals surface area contributed by atoms with E-state index in [1.54, 1.807) is 11.3 Å². The molecule has 9 heteroatoms. The van der Waals surface area contributed by atoms with E-state index in [1.807, 2.05) is 24.3 Å². The predicted octanol–water partition coefficient (Wildman–Crippen LogP) is 4.78. The molecule has 0 aliphatic carbocycles. The Morgan fingerprint density at radius 1 is 1.29 bits per heavy atom. The number of anilines is 1. The Kier molecular flexibility index (Phi) is 6.54. The number of benzene rings is 1. The molecule has 0 bridgehead atoms. The molecule has 2 aromatic heterocycles. The molecule has 3 heterocycles. The molecule has 0 radical (unpaired) electrons. The molecule has 0 fully saturated rings. The van der Waals surface area contributed by atoms with Gasteiger partial charge in [-0.1, -0.05) is 19.1 Å². The van der Waals surface area contributed by atoms with Gasteiger partial charge in [0, 0.05) is 36.0 Å². The molecular formula is C22H26N4O3S2. The van der Waals surface area contributed by atoms with Crippen LogP contribution in [0.4, 0.5) is 9.80 Å². The second-order valence-corrected chi connectivity index (χ2v) is 9.85. The average molecular weight is 459 g/mol. The van der Waals surface area contributed by atoms with Gasteiger partial charge < -0.3 is 20.6 Å². The molecule has 4 rings (SSSR count). The minimum absolute atomic E-state index is 0.0492. The van der Waals surface area contributed by atoms with Crippen molar-refractivity contribution in [2.75, 3.05) is 18.4 Å². The van der Waals surface area contributed by atoms with E-state index in [4.69, 9.17) is 4.98 Å². The Morgan fingerprint density at radius 3 is 2.84 bits per heavy atom. The zero-order valence-electron chi connectivity index (χ0n) is 17.6. The van der Waals surface area contributed by atoms with Gasteiger partial charge in [-0.05, 0) is 37.5 Å². The van der Waals surface area contributed by atoms with Gasteiger partial charge in [0.05, 0.1) is 16.8 Å². The highest BCUT2D eigenvalue weighted by Gasteiger charge is 2.29. The molecule has 1 aliphatic rings. The summed E-state index contributed by atoms with van der Waals surface area (Å²) in [5.41, 5.74) is 2.99. The zero-order valence-corrected chi connectivity index (χ0v) is 19.2. The molecule has 7 nitrogen and oxygen atoms in total. The lowest BCUT2D eigenvalue weighted by molar-refractivity contribution is -0.116. The highest BCUT2D eigenvalue weighted by Crippen LogP contribution is 2.45. The quantitative estimate of drug-likeness (QED) is 0.474. The molecule has 1 atom stereocenters. The van der Waals surface area contributed by atoms with Crippen LogP contribution in [-0.2, 0) is 17.8 Å². The van der Waals surface area contributed by atoms with Gasteiger partial charge in [0.1, 0.15) is 10.0 Å². The SMILES string of the molecule is CCC(C)NCCC(=O)Nc1sc2c(c1-c1nc3ccccc3s1)CCN(C(=O)O)C2. The summed E-state index contributed by atoms with van der Waals surface area (Å²) in [4.78, 5) is 31.3. The standard InChI is InChI=1S/C22H26N4O3S2/c1-3-13(2)23-10-8-18(27)25-21-19(20-24-15-6-4-5-7-16(15)30-20)14-9-11-26(22(28)29)12-17(14)31-21/h4-7,13,23H,3,8-12H2,1-2H3,(H,25,27)(H,28,29). The van der Waals surface area contributed by atoms with Gasteiger partial charge in [-0.15, -0.1) is 22.7 Å². The Balaban J connectivity index is 1.64. The van der Waals surface area contributed by atoms with Crippen LogP contribution in [0.1, 0.15) is 37.1 Å². The van der Waals surface area contributed by atoms with Crippen LogP contribution in [0.15, 0.2) is 24.3 Å². The third-order valence-electron chi connectivity index (χ3n) is 5.55. The predicted molar refractivity (Wildman–Crippen MR) is 126 cm³/mol. The zero-order chi connectivity index (χ0) is 22.0. The van der Waals surface area contributed by atoms with E-state index in [0.717, 1.165) is 42.7 Å². The Bertz CT molecular complexity index is 1070. The van der Waals surface area contributed by atoms with Crippen molar-refractivity contribution in [2.24, 2.45) is 0 Å². The van der Waals surface area contributed by atoms with Crippen molar-refractivity contribution in [2.45, 2.75) is 45.7 Å². The summed E-state index contributed by atoms with van der Waals surface area (Å²) in [5.74, 6) is -0.0492. The van der Waals surface area contributed by atoms with E-state index in [2.05, 4.69) is 24.5 Å². The summed E-state index contributed by atoms with van der Waals surface area (Å²) in [6.07, 6.45) is 1.10. The van der Waals surface area contributed by atoms with Crippen molar-refractivity contribution in [1.82, 2.24) is 15.2 Å². The largest absolute Gasteiger partial charge is 0.465 e. The highest BCUT2D eigenvalue weighted by atomic mass is 32.1. The van der Waals surface area contributed by atoms with E-state index in [0.29, 0.717) is 38.5 Å². The summed E-state index contributed by atoms with van der Waals surface area (Å²) in [7, 11) is 0. The minimum atomic E-state index is -0.915. The van der Waals surface area contributed by atoms with Gasteiger partial charge in [-0.3, -0.25) is 4.79 Å². The first-order valence-corrected chi connectivity index (χ1v) is 12.1. The first kappa shape index (κ1) is 21.7. The second kappa shape index (κ2) is 9.33. The maximum atomic E-state index is 12.7. The number of hydrogen-bond donors (Lipinski definition) is 3. The number of thiazole rings is 1. The Labute approximate surface area is 189 Å². The number of carbonyl (C=O) groups is 2. The molecule has 31 heavy (non-hydrogen) atoms. The lowest BCUT2D eigenvalue weighted by Gasteiger charge is -2.24. The number of para-hydroxylation sites is 1. The van der Waals surface area contributed by atoms with Crippen LogP contribution in [0.2, 0.25) is 0 Å². The van der Waals surface area contributed by atoms with E-state index < -0.39 is 6.09 Å². The maximum Gasteiger partial charge on any atom is 0.407 e. The molecule has 2 amide bonds. The number of amides is 2. The van der Waals surface area contributed by atoms with E-state index in [1.165, 1.54) is 16.2 Å². The third-order valence-corrected chi connectivity index (χ3v) is 7.73. The number of carbonyl (C=O) groups excluding carboxylic acids is 1. The van der Waals surface area contributed by atoms with E-state index in [-0.39, 0.29) is 5.91 Å². The van der Waals surface area contributed by atoms with Crippen LogP contribution >= 0.6 is 22.7 Å². The van der Waals surface area contributed by atoms with Gasteiger partial charge in [0.15, 0.2) is 0 Å². The number of thiophene rings is 1. The maximum absolute atomic E-state index is 12.7. The van der Waals surface area contributed by atoms with Crippen molar-refractivity contribution < 1.29 is 14.7 Å². The number of fused-ring (bicyclic) bond motifs is 2. The lowest BCUT2D eigenvalue weighted by Crippen LogP contribution is -2.34. The normalized spacial score (nSPS) is 14.5. The van der Waals surface area contributed by atoms with Crippen molar-refractivity contribution in [3.63, 3.8) is 0 Å². The number of rotatable bonds is 7. The fourth-order valence-corrected chi connectivity index (χ4v) is 6.02. The number of aromatic nitrogens is 1. The fourth-order valence-electron chi connectivity index (χ4n) is 3.63. The third kappa shape index (κ3) is 4.73. The number of nitrogens with zero attached hydrogens (tertiary/aromatic N) is 2. The monoisotopic (exact) mass is 458 g/mol. The molecule has 1 unspecified atom stereocenters. The minimum Gasteiger partial charge on any atom is -0.465 e. The van der Waals surface area contributed by atoms with Crippen molar-refractivity contribution >= 4 is 49.9 Å². The molecule has 1 aromatic carbocycles. The average Bonchev–Trinajstić information content (AvgIpc) is 3.33. The van der Waals surface area contributed by atoms with E-state index >= 15 is 0 Å². The molecule has 3 aromatic rings. The first-order valence-electron chi connectivity index (χ1n) is 10.5. The molecule has 0 saturated heterocycles. The Morgan fingerprint density at radius 2 is 2.10 bits per heavy atom. The van der Waals surface area contributed by atoms with Crippen molar-refractivity contribution in [3.8, 4) is 10.6 Å². The number of nitrogens with one attached hydrogen (secondary N) is 2. The van der Waals surface area contributed by atoms with Crippen LogP contribution in [-0.4, -0.2) is 46.1 Å². The van der Waals surface area contributed by atoms with Gasteiger partial charge in [-0.25, -0.2) is 9.78 Å². The van der Waals surface area contributed by atoms with Gasteiger partial charge in [0.25, 0.3) is 0 Å². The summed E-state index contributed by atoms with van der Waals surface area (Å²) >= 11 is 3.07. The second-order valence-electron chi connectivity index (χ2n) is 7.71. The van der Waals surface area contributed by atoms with Gasteiger partial charge in [-0.2, -0.15) is 0 Å². The topological polar surface area (TPSA) is 94.6 Å². The number of carboxylic acid groups (broad SMARTS) is 1. The van der Waals surface area contributed by atoms with Crippen molar-refractivity contribution in [3.05, 3.63) is 34.7 Å². The summed E-state index contributed by atoms with van der Waals surface area (Å²) < 4.78 is 1.09. The smallest absolute Gasteiger partial charge is 0.407 e. The van der Waals surface area contributed by atoms with E-state index in [9.17, 15) is 14.7 Å². The van der Waals surface area contributed by atoms with Gasteiger partial charge >= 0.3 is 6.09 Å². The molecule has 164 valence electrons. The van der Waals surface area contributed by atoms with Gasteiger partial charge in [0.2, 0.25) is 5.91 Å². The molecule has 3 N–H and O–H groups in total. The Hall–Kier alpha value is -2.49. The molecular weight excluding hydrogens is 432 g/mol. The summed E-state index contributed by atoms with van der Waals surface area (Å²) in [6.45, 7) is 5.63. The summed E-state index contributed by atoms with van der Waals surface area (Å²) in [6, 6.07) is 8.36. The van der Waals surface area contributed by atoms with Crippen LogP contribution in [0.25, 0.3) is 20.8 Å². The summed E-state index contributed by atoms with van der Waals surface area (Å²) in [5, 5.41) is 17.5. The van der Waals surface area contributed by atoms with Crippen LogP contribution in [0, 0.1) is 0 Å². The fraction of sp³-hybridized carbons (Fsp3) is 0.409. The number of hydrogen-bond acceptors (Lipinski definition) is 6. The molecule has 0 spiro atoms. The highest BCUT2D eigenvalue weighted by molar-refractivity contribution is 7.22.